The van der Waals surface area contributed by atoms with E-state index in [0.717, 1.165) is 17.1 Å². The molecule has 0 saturated heterocycles. The molecule has 4 rings (SSSR count). The molecule has 0 fully saturated rings. The van der Waals surface area contributed by atoms with Crippen LogP contribution in [0.25, 0.3) is 10.9 Å². The first-order valence-corrected chi connectivity index (χ1v) is 9.82. The van der Waals surface area contributed by atoms with E-state index in [1.165, 1.54) is 0 Å². The van der Waals surface area contributed by atoms with Crippen LogP contribution in [0.2, 0.25) is 0 Å². The molecule has 0 spiro atoms. The molecule has 1 N–H and O–H groups in total. The van der Waals surface area contributed by atoms with E-state index >= 15 is 0 Å². The second-order valence-corrected chi connectivity index (χ2v) is 8.14. The number of anilines is 1. The van der Waals surface area contributed by atoms with Crippen LogP contribution < -0.4 is 14.8 Å². The molecule has 2 heterocycles. The lowest BCUT2D eigenvalue weighted by atomic mass is 10.2. The monoisotopic (exact) mass is 371 g/mol. The minimum absolute atomic E-state index is 0.0640. The molecule has 0 unspecified atom stereocenters. The first kappa shape index (κ1) is 16.6. The highest BCUT2D eigenvalue weighted by Gasteiger charge is 2.14. The Kier molecular flexibility index (Phi) is 4.12. The lowest BCUT2D eigenvalue weighted by molar-refractivity contribution is 0.174. The van der Waals surface area contributed by atoms with Crippen molar-refractivity contribution in [2.45, 2.75) is 18.4 Å². The Morgan fingerprint density at radius 1 is 1.12 bits per heavy atom. The van der Waals surface area contributed by atoms with Gasteiger partial charge in [-0.15, -0.1) is 0 Å². The summed E-state index contributed by atoms with van der Waals surface area (Å²) in [6, 6.07) is 10.6. The van der Waals surface area contributed by atoms with Crippen LogP contribution in [0.15, 0.2) is 47.5 Å². The molecule has 1 aliphatic heterocycles. The van der Waals surface area contributed by atoms with E-state index < -0.39 is 9.84 Å². The third kappa shape index (κ3) is 3.15. The minimum atomic E-state index is -3.24. The predicted molar refractivity (Wildman–Crippen MR) is 97.2 cm³/mol. The van der Waals surface area contributed by atoms with Gasteiger partial charge in [-0.25, -0.2) is 18.4 Å². The van der Waals surface area contributed by atoms with Crippen molar-refractivity contribution in [2.24, 2.45) is 0 Å². The molecule has 0 aliphatic carbocycles. The number of aromatic nitrogens is 2. The zero-order valence-corrected chi connectivity index (χ0v) is 14.9. The average Bonchev–Trinajstić information content (AvgIpc) is 3.13. The summed E-state index contributed by atoms with van der Waals surface area (Å²) in [5.41, 5.74) is 1.70. The summed E-state index contributed by atoms with van der Waals surface area (Å²) in [5.74, 6) is 2.01. The standard InChI is InChI=1S/C18H17N3O4S/c1-2-26(22,23)14-4-5-15-13(8-14)10-20-18(21-15)19-9-12-3-6-16-17(7-12)25-11-24-16/h3-8,10H,2,9,11H2,1H3,(H,19,20,21). The molecule has 0 radical (unpaired) electrons. The molecule has 0 saturated carbocycles. The van der Waals surface area contributed by atoms with Gasteiger partial charge < -0.3 is 14.8 Å². The van der Waals surface area contributed by atoms with Gasteiger partial charge in [-0.2, -0.15) is 0 Å². The summed E-state index contributed by atoms with van der Waals surface area (Å²) in [7, 11) is -3.24. The van der Waals surface area contributed by atoms with Crippen molar-refractivity contribution in [3.05, 3.63) is 48.2 Å². The molecule has 1 aliphatic rings. The second-order valence-electron chi connectivity index (χ2n) is 5.86. The van der Waals surface area contributed by atoms with E-state index in [9.17, 15) is 8.42 Å². The molecule has 0 amide bonds. The van der Waals surface area contributed by atoms with E-state index in [-0.39, 0.29) is 17.4 Å². The van der Waals surface area contributed by atoms with Gasteiger partial charge in [0.05, 0.1) is 16.2 Å². The molecular weight excluding hydrogens is 354 g/mol. The smallest absolute Gasteiger partial charge is 0.231 e. The van der Waals surface area contributed by atoms with Crippen molar-refractivity contribution in [1.82, 2.24) is 9.97 Å². The number of ether oxygens (including phenoxy) is 2. The summed E-state index contributed by atoms with van der Waals surface area (Å²) < 4.78 is 34.6. The third-order valence-electron chi connectivity index (χ3n) is 4.18. The first-order valence-electron chi connectivity index (χ1n) is 8.17. The highest BCUT2D eigenvalue weighted by molar-refractivity contribution is 7.91. The van der Waals surface area contributed by atoms with Crippen LogP contribution >= 0.6 is 0 Å². The molecule has 26 heavy (non-hydrogen) atoms. The van der Waals surface area contributed by atoms with Gasteiger partial charge in [0.2, 0.25) is 12.7 Å². The number of nitrogens with one attached hydrogen (secondary N) is 1. The summed E-state index contributed by atoms with van der Waals surface area (Å²) >= 11 is 0. The molecule has 8 heteroatoms. The summed E-state index contributed by atoms with van der Waals surface area (Å²) in [6.45, 7) is 2.40. The average molecular weight is 371 g/mol. The maximum absolute atomic E-state index is 12.0. The Labute approximate surface area is 150 Å². The molecule has 0 atom stereocenters. The van der Waals surface area contributed by atoms with Gasteiger partial charge in [0.1, 0.15) is 0 Å². The Balaban J connectivity index is 1.53. The fourth-order valence-corrected chi connectivity index (χ4v) is 3.60. The number of hydrogen-bond acceptors (Lipinski definition) is 7. The number of sulfone groups is 1. The Morgan fingerprint density at radius 3 is 2.81 bits per heavy atom. The molecule has 3 aromatic rings. The Morgan fingerprint density at radius 2 is 1.96 bits per heavy atom. The van der Waals surface area contributed by atoms with Crippen molar-refractivity contribution >= 4 is 26.7 Å². The van der Waals surface area contributed by atoms with Crippen molar-refractivity contribution in [3.8, 4) is 11.5 Å². The van der Waals surface area contributed by atoms with E-state index in [4.69, 9.17) is 9.47 Å². The van der Waals surface area contributed by atoms with Gasteiger partial charge in [-0.3, -0.25) is 0 Å². The van der Waals surface area contributed by atoms with Gasteiger partial charge in [0.15, 0.2) is 21.3 Å². The van der Waals surface area contributed by atoms with Crippen LogP contribution in [-0.2, 0) is 16.4 Å². The van der Waals surface area contributed by atoms with Gasteiger partial charge in [0, 0.05) is 18.1 Å². The van der Waals surface area contributed by atoms with Gasteiger partial charge >= 0.3 is 0 Å². The fourth-order valence-electron chi connectivity index (χ4n) is 2.69. The summed E-state index contributed by atoms with van der Waals surface area (Å²) in [5, 5.41) is 3.85. The molecular formula is C18H17N3O4S. The molecule has 7 nitrogen and oxygen atoms in total. The van der Waals surface area contributed by atoms with Crippen molar-refractivity contribution in [3.63, 3.8) is 0 Å². The lowest BCUT2D eigenvalue weighted by Crippen LogP contribution is -2.05. The van der Waals surface area contributed by atoms with E-state index in [1.807, 2.05) is 18.2 Å². The van der Waals surface area contributed by atoms with E-state index in [0.29, 0.717) is 23.4 Å². The molecule has 0 bridgehead atoms. The molecule has 1 aromatic heterocycles. The summed E-state index contributed by atoms with van der Waals surface area (Å²) in [6.07, 6.45) is 1.62. The number of fused-ring (bicyclic) bond motifs is 2. The zero-order chi connectivity index (χ0) is 18.1. The van der Waals surface area contributed by atoms with E-state index in [2.05, 4.69) is 15.3 Å². The lowest BCUT2D eigenvalue weighted by Gasteiger charge is -2.08. The van der Waals surface area contributed by atoms with Gasteiger partial charge in [-0.05, 0) is 35.9 Å². The van der Waals surface area contributed by atoms with Crippen LogP contribution in [0.4, 0.5) is 5.95 Å². The van der Waals surface area contributed by atoms with Crippen molar-refractivity contribution < 1.29 is 17.9 Å². The normalized spacial score (nSPS) is 13.1. The fraction of sp³-hybridized carbons (Fsp3) is 0.222. The van der Waals surface area contributed by atoms with Crippen LogP contribution in [0.3, 0.4) is 0 Å². The Hall–Kier alpha value is -2.87. The SMILES string of the molecule is CCS(=O)(=O)c1ccc2nc(NCc3ccc4c(c3)OCO4)ncc2c1. The van der Waals surface area contributed by atoms with Gasteiger partial charge in [-0.1, -0.05) is 13.0 Å². The van der Waals surface area contributed by atoms with Crippen LogP contribution in [0.1, 0.15) is 12.5 Å². The van der Waals surface area contributed by atoms with Crippen LogP contribution in [0.5, 0.6) is 11.5 Å². The number of benzene rings is 2. The minimum Gasteiger partial charge on any atom is -0.454 e. The summed E-state index contributed by atoms with van der Waals surface area (Å²) in [4.78, 5) is 9.00. The zero-order valence-electron chi connectivity index (χ0n) is 14.1. The topological polar surface area (TPSA) is 90.4 Å². The van der Waals surface area contributed by atoms with Crippen molar-refractivity contribution in [1.29, 1.82) is 0 Å². The maximum atomic E-state index is 12.0. The largest absolute Gasteiger partial charge is 0.454 e. The van der Waals surface area contributed by atoms with Gasteiger partial charge in [0.25, 0.3) is 0 Å². The number of rotatable bonds is 5. The molecule has 2 aromatic carbocycles. The molecule has 134 valence electrons. The third-order valence-corrected chi connectivity index (χ3v) is 5.91. The highest BCUT2D eigenvalue weighted by atomic mass is 32.2. The van der Waals surface area contributed by atoms with Crippen LogP contribution in [-0.4, -0.2) is 30.9 Å². The predicted octanol–water partition coefficient (Wildman–Crippen LogP) is 2.76. The highest BCUT2D eigenvalue weighted by Crippen LogP contribution is 2.32. The van der Waals surface area contributed by atoms with Crippen molar-refractivity contribution in [2.75, 3.05) is 17.9 Å². The number of hydrogen-bond donors (Lipinski definition) is 1. The Bertz CT molecular complexity index is 1080. The quantitative estimate of drug-likeness (QED) is 0.737. The van der Waals surface area contributed by atoms with E-state index in [1.54, 1.807) is 31.3 Å². The van der Waals surface area contributed by atoms with Crippen LogP contribution in [0, 0.1) is 0 Å². The second kappa shape index (κ2) is 6.45. The first-order chi connectivity index (χ1) is 12.5. The maximum Gasteiger partial charge on any atom is 0.231 e. The number of nitrogens with zero attached hydrogens (tertiary/aromatic N) is 2.